The van der Waals surface area contributed by atoms with Gasteiger partial charge in [0.25, 0.3) is 0 Å². The van der Waals surface area contributed by atoms with Gasteiger partial charge in [0.05, 0.1) is 11.0 Å². The van der Waals surface area contributed by atoms with Crippen molar-refractivity contribution in [3.8, 4) is 0 Å². The van der Waals surface area contributed by atoms with E-state index in [1.54, 1.807) is 12.1 Å². The molecule has 0 radical (unpaired) electrons. The van der Waals surface area contributed by atoms with Gasteiger partial charge in [-0.25, -0.2) is 0 Å². The van der Waals surface area contributed by atoms with E-state index in [1.165, 1.54) is 6.07 Å². The topological polar surface area (TPSA) is 90.4 Å². The van der Waals surface area contributed by atoms with E-state index in [9.17, 15) is 10.1 Å². The first-order valence-electron chi connectivity index (χ1n) is 5.98. The Labute approximate surface area is 105 Å². The van der Waals surface area contributed by atoms with Crippen LogP contribution in [0.3, 0.4) is 0 Å². The first kappa shape index (κ1) is 12.6. The molecule has 0 amide bonds. The maximum absolute atomic E-state index is 11.0. The van der Waals surface area contributed by atoms with Crippen molar-refractivity contribution < 1.29 is 9.66 Å². The highest BCUT2D eigenvalue weighted by Crippen LogP contribution is 2.31. The lowest BCUT2D eigenvalue weighted by Crippen LogP contribution is -2.21. The standard InChI is InChI=1S/C12H17N3O3/c1-8-9(5-6-18-8)7-14-11-4-2-3-10(13)12(11)15(16)17/h2-4,8-9,14H,5-7,13H2,1H3. The van der Waals surface area contributed by atoms with E-state index in [0.717, 1.165) is 13.0 Å². The highest BCUT2D eigenvalue weighted by atomic mass is 16.6. The molecule has 1 aliphatic rings. The molecule has 1 fully saturated rings. The van der Waals surface area contributed by atoms with Crippen LogP contribution in [0.1, 0.15) is 13.3 Å². The maximum atomic E-state index is 11.0. The van der Waals surface area contributed by atoms with Crippen LogP contribution in [0.2, 0.25) is 0 Å². The Bertz CT molecular complexity index is 450. The molecule has 2 rings (SSSR count). The summed E-state index contributed by atoms with van der Waals surface area (Å²) < 4.78 is 5.46. The number of nitrogen functional groups attached to an aromatic ring is 1. The number of benzene rings is 1. The molecule has 0 saturated carbocycles. The number of para-hydroxylation sites is 1. The van der Waals surface area contributed by atoms with Gasteiger partial charge in [-0.05, 0) is 25.5 Å². The van der Waals surface area contributed by atoms with Crippen molar-refractivity contribution in [1.29, 1.82) is 0 Å². The van der Waals surface area contributed by atoms with Crippen molar-refractivity contribution in [2.75, 3.05) is 24.2 Å². The number of rotatable bonds is 4. The van der Waals surface area contributed by atoms with Crippen molar-refractivity contribution in [3.05, 3.63) is 28.3 Å². The van der Waals surface area contributed by atoms with Crippen LogP contribution in [-0.4, -0.2) is 24.2 Å². The summed E-state index contributed by atoms with van der Waals surface area (Å²) in [6.07, 6.45) is 1.17. The molecular weight excluding hydrogens is 234 g/mol. The summed E-state index contributed by atoms with van der Waals surface area (Å²) in [7, 11) is 0. The molecule has 0 aromatic heterocycles. The lowest BCUT2D eigenvalue weighted by molar-refractivity contribution is -0.383. The molecule has 1 aliphatic heterocycles. The number of nitro benzene ring substituents is 1. The number of hydrogen-bond acceptors (Lipinski definition) is 5. The number of nitro groups is 1. The molecule has 0 bridgehead atoms. The normalized spacial score (nSPS) is 22.9. The van der Waals surface area contributed by atoms with E-state index in [1.807, 2.05) is 6.92 Å². The zero-order valence-electron chi connectivity index (χ0n) is 10.3. The number of hydrogen-bond donors (Lipinski definition) is 2. The molecule has 2 atom stereocenters. The first-order valence-corrected chi connectivity index (χ1v) is 5.98. The second kappa shape index (κ2) is 5.22. The third-order valence-corrected chi connectivity index (χ3v) is 3.34. The molecule has 1 aromatic rings. The summed E-state index contributed by atoms with van der Waals surface area (Å²) in [5, 5.41) is 14.1. The highest BCUT2D eigenvalue weighted by Gasteiger charge is 2.25. The summed E-state index contributed by atoms with van der Waals surface area (Å²) >= 11 is 0. The van der Waals surface area contributed by atoms with Crippen LogP contribution in [0.5, 0.6) is 0 Å². The van der Waals surface area contributed by atoms with E-state index in [2.05, 4.69) is 5.32 Å². The Morgan fingerprint density at radius 3 is 3.00 bits per heavy atom. The van der Waals surface area contributed by atoms with Crippen LogP contribution in [-0.2, 0) is 4.74 Å². The fraction of sp³-hybridized carbons (Fsp3) is 0.500. The van der Waals surface area contributed by atoms with Crippen LogP contribution < -0.4 is 11.1 Å². The lowest BCUT2D eigenvalue weighted by Gasteiger charge is -2.15. The number of nitrogens with one attached hydrogen (secondary N) is 1. The summed E-state index contributed by atoms with van der Waals surface area (Å²) in [6.45, 7) is 3.44. The molecular formula is C12H17N3O3. The van der Waals surface area contributed by atoms with Gasteiger partial charge in [0.1, 0.15) is 11.4 Å². The molecule has 18 heavy (non-hydrogen) atoms. The summed E-state index contributed by atoms with van der Waals surface area (Å²) in [5.41, 5.74) is 6.23. The molecule has 0 spiro atoms. The summed E-state index contributed by atoms with van der Waals surface area (Å²) in [6, 6.07) is 4.92. The second-order valence-corrected chi connectivity index (χ2v) is 4.51. The van der Waals surface area contributed by atoms with Crippen LogP contribution in [0, 0.1) is 16.0 Å². The average molecular weight is 251 g/mol. The highest BCUT2D eigenvalue weighted by molar-refractivity contribution is 5.74. The monoisotopic (exact) mass is 251 g/mol. The third kappa shape index (κ3) is 2.53. The zero-order chi connectivity index (χ0) is 13.1. The number of nitrogens with two attached hydrogens (primary N) is 1. The van der Waals surface area contributed by atoms with Gasteiger partial charge in [0, 0.05) is 19.1 Å². The predicted octanol–water partition coefficient (Wildman–Crippen LogP) is 2.01. The Kier molecular flexibility index (Phi) is 3.66. The second-order valence-electron chi connectivity index (χ2n) is 4.51. The molecule has 0 aliphatic carbocycles. The first-order chi connectivity index (χ1) is 8.59. The van der Waals surface area contributed by atoms with Crippen LogP contribution in [0.15, 0.2) is 18.2 Å². The zero-order valence-corrected chi connectivity index (χ0v) is 10.3. The van der Waals surface area contributed by atoms with Crippen molar-refractivity contribution in [3.63, 3.8) is 0 Å². The van der Waals surface area contributed by atoms with E-state index >= 15 is 0 Å². The molecule has 6 nitrogen and oxygen atoms in total. The molecule has 1 heterocycles. The van der Waals surface area contributed by atoms with E-state index in [4.69, 9.17) is 10.5 Å². The Morgan fingerprint density at radius 1 is 1.61 bits per heavy atom. The number of ether oxygens (including phenoxy) is 1. The smallest absolute Gasteiger partial charge is 0.314 e. The van der Waals surface area contributed by atoms with Crippen molar-refractivity contribution in [1.82, 2.24) is 0 Å². The molecule has 98 valence electrons. The van der Waals surface area contributed by atoms with Crippen LogP contribution in [0.25, 0.3) is 0 Å². The molecule has 6 heteroatoms. The van der Waals surface area contributed by atoms with Crippen LogP contribution in [0.4, 0.5) is 17.1 Å². The van der Waals surface area contributed by atoms with Gasteiger partial charge in [-0.1, -0.05) is 6.07 Å². The van der Waals surface area contributed by atoms with E-state index in [-0.39, 0.29) is 17.5 Å². The largest absolute Gasteiger partial charge is 0.393 e. The maximum Gasteiger partial charge on any atom is 0.314 e. The minimum absolute atomic E-state index is 0.0518. The average Bonchev–Trinajstić information content (AvgIpc) is 2.71. The van der Waals surface area contributed by atoms with Crippen molar-refractivity contribution in [2.45, 2.75) is 19.4 Å². The Balaban J connectivity index is 2.09. The fourth-order valence-electron chi connectivity index (χ4n) is 2.19. The van der Waals surface area contributed by atoms with Crippen LogP contribution >= 0.6 is 0 Å². The SMILES string of the molecule is CC1OCCC1CNc1cccc(N)c1[N+](=O)[O-]. The third-order valence-electron chi connectivity index (χ3n) is 3.34. The number of nitrogens with zero attached hydrogens (tertiary/aromatic N) is 1. The van der Waals surface area contributed by atoms with Gasteiger partial charge < -0.3 is 15.8 Å². The lowest BCUT2D eigenvalue weighted by atomic mass is 10.0. The minimum atomic E-state index is -0.452. The van der Waals surface area contributed by atoms with Gasteiger partial charge >= 0.3 is 5.69 Å². The quantitative estimate of drug-likeness (QED) is 0.485. The van der Waals surface area contributed by atoms with E-state index in [0.29, 0.717) is 18.2 Å². The van der Waals surface area contributed by atoms with Gasteiger partial charge in [0.15, 0.2) is 0 Å². The van der Waals surface area contributed by atoms with E-state index < -0.39 is 4.92 Å². The molecule has 2 unspecified atom stereocenters. The molecule has 1 aromatic carbocycles. The van der Waals surface area contributed by atoms with Crippen molar-refractivity contribution >= 4 is 17.1 Å². The molecule has 1 saturated heterocycles. The molecule has 3 N–H and O–H groups in total. The fourth-order valence-corrected chi connectivity index (χ4v) is 2.19. The number of anilines is 2. The van der Waals surface area contributed by atoms with Gasteiger partial charge in [-0.3, -0.25) is 10.1 Å². The van der Waals surface area contributed by atoms with Gasteiger partial charge in [0.2, 0.25) is 0 Å². The predicted molar refractivity (Wildman–Crippen MR) is 69.5 cm³/mol. The van der Waals surface area contributed by atoms with Gasteiger partial charge in [-0.2, -0.15) is 0 Å². The van der Waals surface area contributed by atoms with Crippen molar-refractivity contribution in [2.24, 2.45) is 5.92 Å². The minimum Gasteiger partial charge on any atom is -0.393 e. The van der Waals surface area contributed by atoms with Gasteiger partial charge in [-0.15, -0.1) is 0 Å². The Hall–Kier alpha value is -1.82. The summed E-state index contributed by atoms with van der Waals surface area (Å²) in [4.78, 5) is 10.5. The Morgan fingerprint density at radius 2 is 2.39 bits per heavy atom. The summed E-state index contributed by atoms with van der Waals surface area (Å²) in [5.74, 6) is 0.381.